The van der Waals surface area contributed by atoms with Crippen molar-refractivity contribution >= 4 is 28.9 Å². The van der Waals surface area contributed by atoms with Gasteiger partial charge in [-0.2, -0.15) is 0 Å². The van der Waals surface area contributed by atoms with Crippen LogP contribution < -0.4 is 0 Å². The summed E-state index contributed by atoms with van der Waals surface area (Å²) in [4.78, 5) is 31.3. The Kier molecular flexibility index (Phi) is 14.8. The zero-order valence-corrected chi connectivity index (χ0v) is 37.3. The van der Waals surface area contributed by atoms with Crippen LogP contribution >= 0.6 is 11.6 Å². The number of halogens is 1. The predicted octanol–water partition coefficient (Wildman–Crippen LogP) is 7.67. The van der Waals surface area contributed by atoms with Gasteiger partial charge in [0.2, 0.25) is 0 Å². The molecule has 6 aliphatic rings. The van der Waals surface area contributed by atoms with Gasteiger partial charge in [-0.05, 0) is 132 Å². The van der Waals surface area contributed by atoms with E-state index < -0.39 is 18.3 Å². The predicted molar refractivity (Wildman–Crippen MR) is 225 cm³/mol. The van der Waals surface area contributed by atoms with E-state index in [1.54, 1.807) is 21.3 Å². The summed E-state index contributed by atoms with van der Waals surface area (Å²) in [5, 5.41) is 0.655. The lowest BCUT2D eigenvalue weighted by Gasteiger charge is -2.44. The maximum atomic E-state index is 15.1. The lowest BCUT2D eigenvalue weighted by Crippen LogP contribution is -2.59. The Labute approximate surface area is 356 Å². The Hall–Kier alpha value is -2.19. The molecule has 3 heterocycles. The number of ether oxygens (including phenoxy) is 8. The van der Waals surface area contributed by atoms with Gasteiger partial charge in [-0.3, -0.25) is 9.59 Å². The molecular formula is C47H68ClNO10. The third-order valence-corrected chi connectivity index (χ3v) is 14.8. The maximum Gasteiger partial charge on any atom is 0.306 e. The molecule has 328 valence electrons. The average molecular weight is 843 g/mol. The molecule has 1 aromatic rings. The van der Waals surface area contributed by atoms with Gasteiger partial charge >= 0.3 is 5.97 Å². The van der Waals surface area contributed by atoms with Gasteiger partial charge in [0.05, 0.1) is 30.8 Å². The summed E-state index contributed by atoms with van der Waals surface area (Å²) in [6.45, 7) is 8.16. The molecule has 1 aromatic carbocycles. The molecule has 6 unspecified atom stereocenters. The van der Waals surface area contributed by atoms with Crippen LogP contribution in [0.2, 0.25) is 5.02 Å². The molecule has 0 spiro atoms. The maximum absolute atomic E-state index is 15.1. The van der Waals surface area contributed by atoms with Crippen molar-refractivity contribution in [2.24, 2.45) is 35.5 Å². The second-order valence-electron chi connectivity index (χ2n) is 18.2. The summed E-state index contributed by atoms with van der Waals surface area (Å²) in [7, 11) is 9.14. The van der Waals surface area contributed by atoms with Crippen molar-refractivity contribution < 1.29 is 47.5 Å². The van der Waals surface area contributed by atoms with Gasteiger partial charge in [-0.15, -0.1) is 0 Å². The lowest BCUT2D eigenvalue weighted by atomic mass is 9.65. The number of nitrogens with zero attached hydrogens (tertiary/aromatic N) is 1. The second-order valence-corrected chi connectivity index (χ2v) is 18.6. The standard InChI is InChI=1S/C47H68ClNO10/c1-10-31-12-11-13-39(59-41-19-18-38(49(5)6)26(3)55-41)25(2)43(51)37-23-35-33-22-32(58-47-46(54-9)45(53-8)44(52-7)27(4)56-47)20-29(33)21-34(28-14-16-30(48)17-15-28)42(35)36(37)24-40(50)57-31/h14-17,21,23,25-27,29,31-33,35-36,38-39,41-42,44-47H,10-13,18-20,22,24H2,1-9H3/t25-,26?,27?,29?,31+,32-,33-,35+,36-,38+,39+,41+,42?,44+,45?,46?,47+/m1/s1. The topological polar surface area (TPSA) is 111 Å². The molecule has 3 aliphatic carbocycles. The zero-order valence-electron chi connectivity index (χ0n) is 36.6. The first-order valence-electron chi connectivity index (χ1n) is 22.1. The van der Waals surface area contributed by atoms with E-state index in [2.05, 4.69) is 57.1 Å². The number of rotatable bonds is 10. The van der Waals surface area contributed by atoms with Gasteiger partial charge in [0, 0.05) is 44.2 Å². The largest absolute Gasteiger partial charge is 0.462 e. The highest BCUT2D eigenvalue weighted by Gasteiger charge is 2.54. The molecule has 0 radical (unpaired) electrons. The minimum atomic E-state index is -0.644. The molecule has 11 nitrogen and oxygen atoms in total. The van der Waals surface area contributed by atoms with Crippen LogP contribution in [0, 0.1) is 35.5 Å². The molecule has 12 heteroatoms. The third-order valence-electron chi connectivity index (χ3n) is 14.5. The Morgan fingerprint density at radius 2 is 1.54 bits per heavy atom. The minimum absolute atomic E-state index is 0.000735. The van der Waals surface area contributed by atoms with Crippen LogP contribution in [0.5, 0.6) is 0 Å². The van der Waals surface area contributed by atoms with Crippen LogP contribution in [0.1, 0.15) is 91.0 Å². The minimum Gasteiger partial charge on any atom is -0.462 e. The molecule has 1 saturated carbocycles. The van der Waals surface area contributed by atoms with Crippen molar-refractivity contribution in [1.29, 1.82) is 0 Å². The van der Waals surface area contributed by atoms with Gasteiger partial charge in [0.1, 0.15) is 24.4 Å². The van der Waals surface area contributed by atoms with E-state index in [1.807, 2.05) is 26.0 Å². The normalized spacial score (nSPS) is 41.8. The van der Waals surface area contributed by atoms with Crippen molar-refractivity contribution in [3.05, 3.63) is 52.6 Å². The van der Waals surface area contributed by atoms with Crippen molar-refractivity contribution in [1.82, 2.24) is 4.90 Å². The number of methoxy groups -OCH3 is 3. The SMILES string of the molecule is CC[C@H]1CCC[C@H](O[C@H]2CC[C@H](N(C)C)C(C)O2)[C@@H](C)C(=O)C2=C[C@@H]3C(C(c4ccc(Cl)cc4)=CC4C[C@@H](O[C@@H]5OC(C)[C@H](OC)C(OC)C5OC)C[C@H]43)[C@@H]2CC(=O)O1. The Morgan fingerprint density at radius 3 is 2.20 bits per heavy atom. The first-order chi connectivity index (χ1) is 28.3. The van der Waals surface area contributed by atoms with E-state index in [4.69, 9.17) is 49.5 Å². The van der Waals surface area contributed by atoms with Gasteiger partial charge in [0.15, 0.2) is 18.4 Å². The number of hydrogen-bond acceptors (Lipinski definition) is 11. The van der Waals surface area contributed by atoms with Crippen LogP contribution in [0.15, 0.2) is 42.0 Å². The van der Waals surface area contributed by atoms with Crippen LogP contribution in [0.4, 0.5) is 0 Å². The highest BCUT2D eigenvalue weighted by Crippen LogP contribution is 2.58. The van der Waals surface area contributed by atoms with Gasteiger partial charge in [-0.1, -0.05) is 49.7 Å². The summed E-state index contributed by atoms with van der Waals surface area (Å²) in [5.74, 6) is -0.737. The summed E-state index contributed by atoms with van der Waals surface area (Å²) in [6, 6.07) is 8.27. The average Bonchev–Trinajstić information content (AvgIpc) is 3.79. The van der Waals surface area contributed by atoms with Crippen molar-refractivity contribution in [2.75, 3.05) is 35.4 Å². The zero-order chi connectivity index (χ0) is 42.1. The highest BCUT2D eigenvalue weighted by atomic mass is 35.5. The number of carbonyl (C=O) groups is 2. The van der Waals surface area contributed by atoms with Crippen LogP contribution in [-0.4, -0.2) is 120 Å². The number of fused-ring (bicyclic) bond motifs is 5. The Bertz CT molecular complexity index is 1670. The summed E-state index contributed by atoms with van der Waals surface area (Å²) in [5.41, 5.74) is 2.91. The summed E-state index contributed by atoms with van der Waals surface area (Å²) in [6.07, 6.45) is 7.86. The first-order valence-corrected chi connectivity index (χ1v) is 22.5. The van der Waals surface area contributed by atoms with Gasteiger partial charge in [-0.25, -0.2) is 0 Å². The molecule has 0 bridgehead atoms. The van der Waals surface area contributed by atoms with E-state index in [9.17, 15) is 4.79 Å². The fourth-order valence-corrected chi connectivity index (χ4v) is 11.6. The Balaban J connectivity index is 1.21. The van der Waals surface area contributed by atoms with E-state index in [1.165, 1.54) is 0 Å². The number of allylic oxidation sites excluding steroid dienone is 4. The van der Waals surface area contributed by atoms with E-state index in [0.29, 0.717) is 17.5 Å². The number of likely N-dealkylation sites (N-methyl/N-ethyl adjacent to an activating group) is 1. The quantitative estimate of drug-likeness (QED) is 0.217. The number of carbonyl (C=O) groups excluding carboxylic acids is 2. The number of benzene rings is 1. The summed E-state index contributed by atoms with van der Waals surface area (Å²) < 4.78 is 50.3. The van der Waals surface area contributed by atoms with Crippen LogP contribution in [0.3, 0.4) is 0 Å². The molecule has 4 fully saturated rings. The van der Waals surface area contributed by atoms with Crippen molar-refractivity contribution in [3.8, 4) is 0 Å². The number of ketones is 1. The van der Waals surface area contributed by atoms with E-state index in [0.717, 1.165) is 61.7 Å². The van der Waals surface area contributed by atoms with Crippen LogP contribution in [-0.2, 0) is 47.5 Å². The molecule has 3 saturated heterocycles. The number of cyclic esters (lactones) is 1. The smallest absolute Gasteiger partial charge is 0.306 e. The molecule has 7 rings (SSSR count). The fourth-order valence-electron chi connectivity index (χ4n) is 11.5. The highest BCUT2D eigenvalue weighted by molar-refractivity contribution is 6.30. The van der Waals surface area contributed by atoms with E-state index in [-0.39, 0.29) is 96.8 Å². The van der Waals surface area contributed by atoms with Crippen LogP contribution in [0.25, 0.3) is 5.57 Å². The number of esters is 1. The van der Waals surface area contributed by atoms with E-state index >= 15 is 4.79 Å². The molecular weight excluding hydrogens is 774 g/mol. The van der Waals surface area contributed by atoms with Crippen molar-refractivity contribution in [3.63, 3.8) is 0 Å². The monoisotopic (exact) mass is 841 g/mol. The Morgan fingerprint density at radius 1 is 0.814 bits per heavy atom. The first kappa shape index (κ1) is 44.9. The number of Topliss-reactive ketones (excluding diaryl/α,β-unsaturated/α-hetero) is 1. The third kappa shape index (κ3) is 9.44. The van der Waals surface area contributed by atoms with Gasteiger partial charge in [0.25, 0.3) is 0 Å². The molecule has 59 heavy (non-hydrogen) atoms. The molecule has 0 N–H and O–H groups in total. The lowest BCUT2D eigenvalue weighted by molar-refractivity contribution is -0.314. The second kappa shape index (κ2) is 19.5. The van der Waals surface area contributed by atoms with Gasteiger partial charge < -0.3 is 42.8 Å². The fraction of sp³-hybridized carbons (Fsp3) is 0.745. The molecule has 0 aromatic heterocycles. The molecule has 3 aliphatic heterocycles. The summed E-state index contributed by atoms with van der Waals surface area (Å²) >= 11 is 6.43. The molecule has 17 atom stereocenters. The van der Waals surface area contributed by atoms with Crippen molar-refractivity contribution in [2.45, 2.75) is 153 Å². The molecule has 0 amide bonds. The number of hydrogen-bond donors (Lipinski definition) is 0.